The SMILES string of the molecule is C=CCc1cn(CCO)c(Cc2ccccc2)n1. The standard InChI is InChI=1S/C15H18N2O/c1-2-6-14-12-17(9-10-18)15(16-14)11-13-7-4-3-5-8-13/h2-5,7-8,12,18H,1,6,9-11H2. The first-order chi connectivity index (χ1) is 8.83. The lowest BCUT2D eigenvalue weighted by atomic mass is 10.1. The Hall–Kier alpha value is -1.87. The van der Waals surface area contributed by atoms with Crippen LogP contribution < -0.4 is 0 Å². The van der Waals surface area contributed by atoms with Gasteiger partial charge in [0.2, 0.25) is 0 Å². The van der Waals surface area contributed by atoms with E-state index in [1.165, 1.54) is 5.56 Å². The highest BCUT2D eigenvalue weighted by atomic mass is 16.3. The quantitative estimate of drug-likeness (QED) is 0.789. The normalized spacial score (nSPS) is 10.5. The second kappa shape index (κ2) is 6.17. The lowest BCUT2D eigenvalue weighted by Gasteiger charge is -2.05. The predicted molar refractivity (Wildman–Crippen MR) is 72.5 cm³/mol. The fourth-order valence-corrected chi connectivity index (χ4v) is 1.98. The lowest BCUT2D eigenvalue weighted by molar-refractivity contribution is 0.274. The predicted octanol–water partition coefficient (Wildman–Crippen LogP) is 2.19. The van der Waals surface area contributed by atoms with Crippen LogP contribution in [0.1, 0.15) is 17.1 Å². The highest BCUT2D eigenvalue weighted by Crippen LogP contribution is 2.11. The second-order valence-corrected chi connectivity index (χ2v) is 4.22. The molecule has 1 heterocycles. The highest BCUT2D eigenvalue weighted by Gasteiger charge is 2.07. The molecule has 0 bridgehead atoms. The Morgan fingerprint density at radius 2 is 2.06 bits per heavy atom. The van der Waals surface area contributed by atoms with Crippen molar-refractivity contribution in [2.24, 2.45) is 0 Å². The molecule has 0 aliphatic carbocycles. The van der Waals surface area contributed by atoms with Gasteiger partial charge in [0.25, 0.3) is 0 Å². The van der Waals surface area contributed by atoms with Gasteiger partial charge in [-0.15, -0.1) is 6.58 Å². The maximum Gasteiger partial charge on any atom is 0.113 e. The molecule has 2 rings (SSSR count). The Morgan fingerprint density at radius 1 is 1.28 bits per heavy atom. The topological polar surface area (TPSA) is 38.0 Å². The Balaban J connectivity index is 2.22. The molecule has 0 saturated carbocycles. The maximum absolute atomic E-state index is 9.08. The third kappa shape index (κ3) is 3.08. The van der Waals surface area contributed by atoms with Crippen molar-refractivity contribution in [2.45, 2.75) is 19.4 Å². The van der Waals surface area contributed by atoms with Crippen LogP contribution in [0.2, 0.25) is 0 Å². The van der Waals surface area contributed by atoms with E-state index >= 15 is 0 Å². The van der Waals surface area contributed by atoms with Gasteiger partial charge in [0.05, 0.1) is 12.3 Å². The minimum absolute atomic E-state index is 0.131. The van der Waals surface area contributed by atoms with Crippen molar-refractivity contribution in [3.05, 3.63) is 66.3 Å². The number of imidazole rings is 1. The molecule has 0 atom stereocenters. The van der Waals surface area contributed by atoms with E-state index in [0.717, 1.165) is 24.4 Å². The summed E-state index contributed by atoms with van der Waals surface area (Å²) in [6.07, 6.45) is 5.40. The average Bonchev–Trinajstić information content (AvgIpc) is 2.74. The summed E-state index contributed by atoms with van der Waals surface area (Å²) in [6, 6.07) is 10.2. The number of benzene rings is 1. The first-order valence-corrected chi connectivity index (χ1v) is 6.14. The van der Waals surface area contributed by atoms with Crippen LogP contribution in [-0.4, -0.2) is 21.3 Å². The van der Waals surface area contributed by atoms with E-state index in [-0.39, 0.29) is 6.61 Å². The molecule has 0 spiro atoms. The van der Waals surface area contributed by atoms with Crippen LogP contribution in [0.15, 0.2) is 49.2 Å². The summed E-state index contributed by atoms with van der Waals surface area (Å²) in [7, 11) is 0. The summed E-state index contributed by atoms with van der Waals surface area (Å²) in [4.78, 5) is 4.59. The molecule has 0 fully saturated rings. The number of hydrogen-bond acceptors (Lipinski definition) is 2. The zero-order valence-electron chi connectivity index (χ0n) is 10.4. The third-order valence-corrected chi connectivity index (χ3v) is 2.81. The van der Waals surface area contributed by atoms with Crippen LogP contribution in [0.4, 0.5) is 0 Å². The lowest BCUT2D eigenvalue weighted by Crippen LogP contribution is -2.06. The van der Waals surface area contributed by atoms with Crippen molar-refractivity contribution in [3.63, 3.8) is 0 Å². The van der Waals surface area contributed by atoms with Gasteiger partial charge in [0, 0.05) is 25.6 Å². The first kappa shape index (κ1) is 12.6. The summed E-state index contributed by atoms with van der Waals surface area (Å²) in [5, 5.41) is 9.08. The number of aromatic nitrogens is 2. The van der Waals surface area contributed by atoms with Crippen molar-refractivity contribution < 1.29 is 5.11 Å². The molecule has 0 amide bonds. The molecule has 0 aliphatic heterocycles. The number of aliphatic hydroxyl groups excluding tert-OH is 1. The molecular weight excluding hydrogens is 224 g/mol. The monoisotopic (exact) mass is 242 g/mol. The summed E-state index contributed by atoms with van der Waals surface area (Å²) in [5.41, 5.74) is 2.23. The van der Waals surface area contributed by atoms with Crippen molar-refractivity contribution in [1.82, 2.24) is 9.55 Å². The van der Waals surface area contributed by atoms with Crippen molar-refractivity contribution in [1.29, 1.82) is 0 Å². The van der Waals surface area contributed by atoms with Gasteiger partial charge < -0.3 is 9.67 Å². The molecule has 2 aromatic rings. The van der Waals surface area contributed by atoms with E-state index in [1.807, 2.05) is 35.0 Å². The third-order valence-electron chi connectivity index (χ3n) is 2.81. The molecule has 3 heteroatoms. The minimum atomic E-state index is 0.131. The van der Waals surface area contributed by atoms with Gasteiger partial charge in [0.15, 0.2) is 0 Å². The molecule has 3 nitrogen and oxygen atoms in total. The van der Waals surface area contributed by atoms with Gasteiger partial charge in [0.1, 0.15) is 5.82 Å². The van der Waals surface area contributed by atoms with Crippen molar-refractivity contribution >= 4 is 0 Å². The number of rotatable bonds is 6. The van der Waals surface area contributed by atoms with E-state index in [2.05, 4.69) is 23.7 Å². The van der Waals surface area contributed by atoms with Crippen LogP contribution >= 0.6 is 0 Å². The average molecular weight is 242 g/mol. The Kier molecular flexibility index (Phi) is 4.31. The highest BCUT2D eigenvalue weighted by molar-refractivity contribution is 5.20. The maximum atomic E-state index is 9.08. The second-order valence-electron chi connectivity index (χ2n) is 4.22. The minimum Gasteiger partial charge on any atom is -0.395 e. The summed E-state index contributed by atoms with van der Waals surface area (Å²) in [6.45, 7) is 4.45. The van der Waals surface area contributed by atoms with E-state index in [9.17, 15) is 0 Å². The van der Waals surface area contributed by atoms with Gasteiger partial charge in [-0.05, 0) is 5.56 Å². The summed E-state index contributed by atoms with van der Waals surface area (Å²) >= 11 is 0. The summed E-state index contributed by atoms with van der Waals surface area (Å²) < 4.78 is 2.02. The molecule has 0 saturated heterocycles. The summed E-state index contributed by atoms with van der Waals surface area (Å²) in [5.74, 6) is 0.993. The number of hydrogen-bond donors (Lipinski definition) is 1. The first-order valence-electron chi connectivity index (χ1n) is 6.14. The van der Waals surface area contributed by atoms with Gasteiger partial charge in [-0.25, -0.2) is 4.98 Å². The van der Waals surface area contributed by atoms with Gasteiger partial charge >= 0.3 is 0 Å². The fraction of sp³-hybridized carbons (Fsp3) is 0.267. The number of aliphatic hydroxyl groups is 1. The van der Waals surface area contributed by atoms with Gasteiger partial charge in [-0.2, -0.15) is 0 Å². The Morgan fingerprint density at radius 3 is 2.72 bits per heavy atom. The zero-order chi connectivity index (χ0) is 12.8. The van der Waals surface area contributed by atoms with E-state index < -0.39 is 0 Å². The molecular formula is C15H18N2O. The number of allylic oxidation sites excluding steroid dienone is 1. The smallest absolute Gasteiger partial charge is 0.113 e. The van der Waals surface area contributed by atoms with Crippen molar-refractivity contribution in [2.75, 3.05) is 6.61 Å². The fourth-order valence-electron chi connectivity index (χ4n) is 1.98. The van der Waals surface area contributed by atoms with Crippen LogP contribution in [0.3, 0.4) is 0 Å². The molecule has 1 aromatic carbocycles. The Bertz CT molecular complexity index is 502. The molecule has 0 aliphatic rings. The molecule has 0 radical (unpaired) electrons. The molecule has 18 heavy (non-hydrogen) atoms. The molecule has 0 unspecified atom stereocenters. The van der Waals surface area contributed by atoms with Crippen molar-refractivity contribution in [3.8, 4) is 0 Å². The van der Waals surface area contributed by atoms with E-state index in [1.54, 1.807) is 0 Å². The van der Waals surface area contributed by atoms with Crippen LogP contribution in [0.5, 0.6) is 0 Å². The zero-order valence-corrected chi connectivity index (χ0v) is 10.4. The van der Waals surface area contributed by atoms with Gasteiger partial charge in [-0.1, -0.05) is 36.4 Å². The van der Waals surface area contributed by atoms with Crippen LogP contribution in [-0.2, 0) is 19.4 Å². The molecule has 1 aromatic heterocycles. The largest absolute Gasteiger partial charge is 0.395 e. The van der Waals surface area contributed by atoms with Crippen LogP contribution in [0.25, 0.3) is 0 Å². The number of nitrogens with zero attached hydrogens (tertiary/aromatic N) is 2. The van der Waals surface area contributed by atoms with Crippen LogP contribution in [0, 0.1) is 0 Å². The van der Waals surface area contributed by atoms with Gasteiger partial charge in [-0.3, -0.25) is 0 Å². The molecule has 1 N–H and O–H groups in total. The van der Waals surface area contributed by atoms with E-state index in [0.29, 0.717) is 6.54 Å². The Labute approximate surface area is 107 Å². The van der Waals surface area contributed by atoms with E-state index in [4.69, 9.17) is 5.11 Å². The molecule has 94 valence electrons.